The average Bonchev–Trinajstić information content (AvgIpc) is 3.17. The van der Waals surface area contributed by atoms with Crippen LogP contribution in [-0.2, 0) is 9.53 Å². The van der Waals surface area contributed by atoms with Crippen LogP contribution in [0, 0.1) is 0 Å². The number of carbonyl (C=O) groups excluding carboxylic acids is 2. The summed E-state index contributed by atoms with van der Waals surface area (Å²) in [5, 5.41) is 3.64. The molecule has 0 aromatic heterocycles. The van der Waals surface area contributed by atoms with Crippen molar-refractivity contribution in [1.82, 2.24) is 15.1 Å². The fraction of sp³-hybridized carbons (Fsp3) is 0.643. The molecule has 0 radical (unpaired) electrons. The van der Waals surface area contributed by atoms with Crippen LogP contribution >= 0.6 is 11.8 Å². The number of ether oxygens (including phenoxy) is 1. The van der Waals surface area contributed by atoms with Crippen LogP contribution in [0.15, 0.2) is 15.6 Å². The van der Waals surface area contributed by atoms with Crippen molar-refractivity contribution >= 4 is 28.9 Å². The molecule has 118 valence electrons. The minimum absolute atomic E-state index is 0.0293. The quantitative estimate of drug-likeness (QED) is 0.771. The number of aliphatic imine (C=N–C) groups is 1. The van der Waals surface area contributed by atoms with E-state index < -0.39 is 5.60 Å². The van der Waals surface area contributed by atoms with Crippen LogP contribution in [0.3, 0.4) is 0 Å². The minimum atomic E-state index is -0.545. The number of rotatable bonds is 1. The SMILES string of the molecule is CC1=C(C(=O)N2CCCC3(CNC(=O)O3)C2)SC2=NCCN21. The van der Waals surface area contributed by atoms with Crippen molar-refractivity contribution in [1.29, 1.82) is 0 Å². The third kappa shape index (κ3) is 2.08. The number of allylic oxidation sites excluding steroid dienone is 1. The number of amides is 2. The van der Waals surface area contributed by atoms with Gasteiger partial charge in [-0.2, -0.15) is 0 Å². The van der Waals surface area contributed by atoms with E-state index >= 15 is 0 Å². The molecular weight excluding hydrogens is 304 g/mol. The van der Waals surface area contributed by atoms with Gasteiger partial charge in [0.25, 0.3) is 5.91 Å². The maximum absolute atomic E-state index is 12.9. The summed E-state index contributed by atoms with van der Waals surface area (Å²) in [7, 11) is 0. The first-order valence-electron chi connectivity index (χ1n) is 7.55. The number of hydrogen-bond acceptors (Lipinski definition) is 6. The summed E-state index contributed by atoms with van der Waals surface area (Å²) >= 11 is 1.46. The van der Waals surface area contributed by atoms with Gasteiger partial charge in [0.2, 0.25) is 0 Å². The number of thioether (sulfide) groups is 1. The normalized spacial score (nSPS) is 30.6. The highest BCUT2D eigenvalue weighted by atomic mass is 32.2. The van der Waals surface area contributed by atoms with Crippen LogP contribution in [0.2, 0.25) is 0 Å². The minimum Gasteiger partial charge on any atom is -0.439 e. The zero-order chi connectivity index (χ0) is 15.3. The Morgan fingerprint density at radius 1 is 1.45 bits per heavy atom. The lowest BCUT2D eigenvalue weighted by Crippen LogP contribution is -2.52. The Morgan fingerprint density at radius 3 is 3.05 bits per heavy atom. The second-order valence-electron chi connectivity index (χ2n) is 6.09. The summed E-state index contributed by atoms with van der Waals surface area (Å²) in [6.07, 6.45) is 1.27. The Morgan fingerprint density at radius 2 is 2.32 bits per heavy atom. The highest BCUT2D eigenvalue weighted by Gasteiger charge is 2.46. The number of nitrogens with zero attached hydrogens (tertiary/aromatic N) is 3. The van der Waals surface area contributed by atoms with Gasteiger partial charge in [0.1, 0.15) is 5.60 Å². The van der Waals surface area contributed by atoms with E-state index in [0.29, 0.717) is 19.6 Å². The van der Waals surface area contributed by atoms with Gasteiger partial charge in [-0.15, -0.1) is 0 Å². The first-order valence-corrected chi connectivity index (χ1v) is 8.36. The summed E-state index contributed by atoms with van der Waals surface area (Å²) in [4.78, 5) is 33.3. The number of piperidine rings is 1. The Balaban J connectivity index is 1.52. The van der Waals surface area contributed by atoms with Gasteiger partial charge in [-0.1, -0.05) is 0 Å². The van der Waals surface area contributed by atoms with Crippen molar-refractivity contribution < 1.29 is 14.3 Å². The molecule has 2 fully saturated rings. The number of likely N-dealkylation sites (tertiary alicyclic amines) is 1. The number of amidine groups is 1. The zero-order valence-corrected chi connectivity index (χ0v) is 13.2. The van der Waals surface area contributed by atoms with Gasteiger partial charge in [0.05, 0.1) is 24.5 Å². The molecule has 1 unspecified atom stereocenters. The van der Waals surface area contributed by atoms with Crippen molar-refractivity contribution in [3.8, 4) is 0 Å². The maximum atomic E-state index is 12.9. The van der Waals surface area contributed by atoms with Gasteiger partial charge in [-0.05, 0) is 31.5 Å². The molecular formula is C14H18N4O3S. The molecule has 22 heavy (non-hydrogen) atoms. The highest BCUT2D eigenvalue weighted by molar-refractivity contribution is 8.18. The van der Waals surface area contributed by atoms with Crippen LogP contribution in [0.5, 0.6) is 0 Å². The maximum Gasteiger partial charge on any atom is 0.407 e. The van der Waals surface area contributed by atoms with Gasteiger partial charge in [0.15, 0.2) is 5.17 Å². The van der Waals surface area contributed by atoms with Crippen LogP contribution < -0.4 is 5.32 Å². The Labute approximate surface area is 132 Å². The average molecular weight is 322 g/mol. The zero-order valence-electron chi connectivity index (χ0n) is 12.4. The van der Waals surface area contributed by atoms with Gasteiger partial charge < -0.3 is 19.9 Å². The van der Waals surface area contributed by atoms with Crippen LogP contribution in [0.25, 0.3) is 0 Å². The van der Waals surface area contributed by atoms with Gasteiger partial charge >= 0.3 is 6.09 Å². The molecule has 4 aliphatic heterocycles. The van der Waals surface area contributed by atoms with Crippen molar-refractivity contribution in [2.75, 3.05) is 32.7 Å². The summed E-state index contributed by atoms with van der Waals surface area (Å²) in [5.41, 5.74) is 0.448. The number of alkyl carbamates (subject to hydrolysis) is 1. The predicted molar refractivity (Wildman–Crippen MR) is 82.3 cm³/mol. The molecule has 0 bridgehead atoms. The van der Waals surface area contributed by atoms with Crippen LogP contribution in [0.1, 0.15) is 19.8 Å². The van der Waals surface area contributed by atoms with Crippen molar-refractivity contribution in [3.05, 3.63) is 10.6 Å². The Bertz CT molecular complexity index is 617. The third-order valence-electron chi connectivity index (χ3n) is 4.61. The largest absolute Gasteiger partial charge is 0.439 e. The molecule has 2 saturated heterocycles. The first-order chi connectivity index (χ1) is 10.6. The van der Waals surface area contributed by atoms with Gasteiger partial charge in [-0.3, -0.25) is 9.79 Å². The molecule has 4 rings (SSSR count). The third-order valence-corrected chi connectivity index (χ3v) is 5.82. The van der Waals surface area contributed by atoms with E-state index in [9.17, 15) is 9.59 Å². The molecule has 8 heteroatoms. The lowest BCUT2D eigenvalue weighted by molar-refractivity contribution is -0.131. The molecule has 1 spiro atoms. The number of fused-ring (bicyclic) bond motifs is 1. The lowest BCUT2D eigenvalue weighted by atomic mass is 9.93. The predicted octanol–water partition coefficient (Wildman–Crippen LogP) is 0.737. The Hall–Kier alpha value is -1.70. The van der Waals surface area contributed by atoms with Gasteiger partial charge in [-0.25, -0.2) is 4.79 Å². The molecule has 0 aromatic rings. The molecule has 0 aliphatic carbocycles. The number of hydrogen-bond donors (Lipinski definition) is 1. The van der Waals surface area contributed by atoms with E-state index in [0.717, 1.165) is 41.7 Å². The van der Waals surface area contributed by atoms with E-state index in [1.807, 2.05) is 11.8 Å². The summed E-state index contributed by atoms with van der Waals surface area (Å²) in [5.74, 6) is 0.0293. The standard InChI is InChI=1S/C14H18N4O3S/c1-9-10(22-12-15-4-6-18(9)12)11(19)17-5-2-3-14(8-17)7-16-13(20)21-14/h2-8H2,1H3,(H,16,20). The van der Waals surface area contributed by atoms with E-state index in [4.69, 9.17) is 4.74 Å². The van der Waals surface area contributed by atoms with E-state index in [1.165, 1.54) is 11.8 Å². The molecule has 0 aromatic carbocycles. The van der Waals surface area contributed by atoms with E-state index in [-0.39, 0.29) is 12.0 Å². The van der Waals surface area contributed by atoms with Gasteiger partial charge in [0, 0.05) is 18.8 Å². The Kier molecular flexibility index (Phi) is 3.11. The summed E-state index contributed by atoms with van der Waals surface area (Å²) < 4.78 is 5.43. The van der Waals surface area contributed by atoms with Crippen LogP contribution in [-0.4, -0.2) is 65.3 Å². The molecule has 1 N–H and O–H groups in total. The molecule has 2 amide bonds. The molecule has 4 heterocycles. The van der Waals surface area contributed by atoms with Crippen molar-refractivity contribution in [3.63, 3.8) is 0 Å². The molecule has 1 atom stereocenters. The molecule has 7 nitrogen and oxygen atoms in total. The molecule has 0 saturated carbocycles. The smallest absolute Gasteiger partial charge is 0.407 e. The lowest BCUT2D eigenvalue weighted by Gasteiger charge is -2.38. The summed E-state index contributed by atoms with van der Waals surface area (Å²) in [6, 6.07) is 0. The number of nitrogens with one attached hydrogen (secondary N) is 1. The number of carbonyl (C=O) groups is 2. The second kappa shape index (κ2) is 4.91. The summed E-state index contributed by atoms with van der Waals surface area (Å²) in [6.45, 7) is 5.30. The monoisotopic (exact) mass is 322 g/mol. The second-order valence-corrected chi connectivity index (χ2v) is 7.07. The topological polar surface area (TPSA) is 74.2 Å². The highest BCUT2D eigenvalue weighted by Crippen LogP contribution is 2.38. The fourth-order valence-corrected chi connectivity index (χ4v) is 4.61. The first kappa shape index (κ1) is 13.9. The van der Waals surface area contributed by atoms with Crippen molar-refractivity contribution in [2.24, 2.45) is 4.99 Å². The van der Waals surface area contributed by atoms with E-state index in [2.05, 4.69) is 15.2 Å². The molecule has 4 aliphatic rings. The van der Waals surface area contributed by atoms with E-state index in [1.54, 1.807) is 0 Å². The van der Waals surface area contributed by atoms with Crippen molar-refractivity contribution in [2.45, 2.75) is 25.4 Å². The van der Waals surface area contributed by atoms with Crippen LogP contribution in [0.4, 0.5) is 4.79 Å². The fourth-order valence-electron chi connectivity index (χ4n) is 3.46.